The molecule has 1 aliphatic rings. The number of hydrogen-bond acceptors (Lipinski definition) is 2. The molecule has 104 valence electrons. The molecule has 0 bridgehead atoms. The molecule has 0 saturated heterocycles. The molecule has 2 nitrogen and oxygen atoms in total. The third-order valence-corrected chi connectivity index (χ3v) is 4.38. The van der Waals surface area contributed by atoms with Crippen molar-refractivity contribution in [3.05, 3.63) is 64.1 Å². The van der Waals surface area contributed by atoms with Crippen molar-refractivity contribution in [3.63, 3.8) is 0 Å². The Bertz CT molecular complexity index is 599. The Hall–Kier alpha value is -1.32. The third kappa shape index (κ3) is 2.89. The minimum Gasteiger partial charge on any atom is -0.388 e. The summed E-state index contributed by atoms with van der Waals surface area (Å²) in [7, 11) is 0. The highest BCUT2D eigenvalue weighted by atomic mass is 79.9. The lowest BCUT2D eigenvalue weighted by atomic mass is 10.1. The van der Waals surface area contributed by atoms with E-state index >= 15 is 0 Å². The molecule has 0 spiro atoms. The number of benzene rings is 2. The first-order valence-corrected chi connectivity index (χ1v) is 7.80. The SMILES string of the molecule is OC(CCN1CCc2ccccc21)c1cccc(Br)c1. The zero-order chi connectivity index (χ0) is 13.9. The summed E-state index contributed by atoms with van der Waals surface area (Å²) < 4.78 is 1.01. The summed E-state index contributed by atoms with van der Waals surface area (Å²) >= 11 is 3.45. The molecule has 2 aromatic carbocycles. The van der Waals surface area contributed by atoms with Crippen LogP contribution >= 0.6 is 15.9 Å². The molecule has 1 N–H and O–H groups in total. The van der Waals surface area contributed by atoms with Gasteiger partial charge in [0.25, 0.3) is 0 Å². The summed E-state index contributed by atoms with van der Waals surface area (Å²) in [5.41, 5.74) is 3.73. The highest BCUT2D eigenvalue weighted by Gasteiger charge is 2.19. The fraction of sp³-hybridized carbons (Fsp3) is 0.294. The van der Waals surface area contributed by atoms with Gasteiger partial charge in [0.2, 0.25) is 0 Å². The lowest BCUT2D eigenvalue weighted by Gasteiger charge is -2.21. The van der Waals surface area contributed by atoms with Gasteiger partial charge in [-0.2, -0.15) is 0 Å². The summed E-state index contributed by atoms with van der Waals surface area (Å²) in [5, 5.41) is 10.3. The maximum atomic E-state index is 10.3. The van der Waals surface area contributed by atoms with E-state index in [1.165, 1.54) is 11.3 Å². The molecule has 3 heteroatoms. The Balaban J connectivity index is 1.63. The smallest absolute Gasteiger partial charge is 0.0807 e. The molecule has 0 radical (unpaired) electrons. The van der Waals surface area contributed by atoms with Crippen LogP contribution in [-0.2, 0) is 6.42 Å². The maximum absolute atomic E-state index is 10.3. The molecule has 20 heavy (non-hydrogen) atoms. The van der Waals surface area contributed by atoms with Gasteiger partial charge in [-0.3, -0.25) is 0 Å². The summed E-state index contributed by atoms with van der Waals surface area (Å²) in [6.07, 6.45) is 1.47. The Morgan fingerprint density at radius 3 is 2.85 bits per heavy atom. The van der Waals surface area contributed by atoms with Crippen molar-refractivity contribution in [2.75, 3.05) is 18.0 Å². The predicted molar refractivity (Wildman–Crippen MR) is 86.1 cm³/mol. The Morgan fingerprint density at radius 2 is 2.00 bits per heavy atom. The highest BCUT2D eigenvalue weighted by Crippen LogP contribution is 2.29. The van der Waals surface area contributed by atoms with E-state index in [0.29, 0.717) is 0 Å². The fourth-order valence-corrected chi connectivity index (χ4v) is 3.21. The average Bonchev–Trinajstić information content (AvgIpc) is 2.88. The van der Waals surface area contributed by atoms with Crippen molar-refractivity contribution in [1.29, 1.82) is 0 Å². The van der Waals surface area contributed by atoms with Crippen LogP contribution in [0.15, 0.2) is 53.0 Å². The van der Waals surface area contributed by atoms with E-state index < -0.39 is 6.10 Å². The van der Waals surface area contributed by atoms with Crippen LogP contribution in [0.1, 0.15) is 23.7 Å². The quantitative estimate of drug-likeness (QED) is 0.917. The lowest BCUT2D eigenvalue weighted by molar-refractivity contribution is 0.169. The van der Waals surface area contributed by atoms with Crippen LogP contribution in [0.25, 0.3) is 0 Å². The van der Waals surface area contributed by atoms with Gasteiger partial charge in [-0.05, 0) is 42.2 Å². The topological polar surface area (TPSA) is 23.5 Å². The van der Waals surface area contributed by atoms with Gasteiger partial charge < -0.3 is 10.0 Å². The van der Waals surface area contributed by atoms with Gasteiger partial charge in [-0.25, -0.2) is 0 Å². The monoisotopic (exact) mass is 331 g/mol. The number of para-hydroxylation sites is 1. The average molecular weight is 332 g/mol. The maximum Gasteiger partial charge on any atom is 0.0807 e. The van der Waals surface area contributed by atoms with E-state index in [2.05, 4.69) is 45.1 Å². The molecule has 1 atom stereocenters. The van der Waals surface area contributed by atoms with E-state index in [-0.39, 0.29) is 0 Å². The Kier molecular flexibility index (Phi) is 4.08. The number of nitrogens with zero attached hydrogens (tertiary/aromatic N) is 1. The van der Waals surface area contributed by atoms with Crippen molar-refractivity contribution < 1.29 is 5.11 Å². The number of rotatable bonds is 4. The largest absolute Gasteiger partial charge is 0.388 e. The minimum absolute atomic E-state index is 0.403. The van der Waals surface area contributed by atoms with Gasteiger partial charge in [-0.15, -0.1) is 0 Å². The van der Waals surface area contributed by atoms with Crippen LogP contribution in [0.2, 0.25) is 0 Å². The summed E-state index contributed by atoms with van der Waals surface area (Å²) in [6, 6.07) is 16.5. The van der Waals surface area contributed by atoms with Gasteiger partial charge in [0, 0.05) is 23.2 Å². The highest BCUT2D eigenvalue weighted by molar-refractivity contribution is 9.10. The molecule has 0 aromatic heterocycles. The number of aliphatic hydroxyl groups excluding tert-OH is 1. The predicted octanol–water partition coefficient (Wildman–Crippen LogP) is 3.94. The first-order valence-electron chi connectivity index (χ1n) is 7.00. The Morgan fingerprint density at radius 1 is 1.15 bits per heavy atom. The van der Waals surface area contributed by atoms with E-state index in [0.717, 1.165) is 36.0 Å². The van der Waals surface area contributed by atoms with Gasteiger partial charge in [-0.1, -0.05) is 46.3 Å². The second-order valence-electron chi connectivity index (χ2n) is 5.23. The van der Waals surface area contributed by atoms with Gasteiger partial charge in [0.15, 0.2) is 0 Å². The zero-order valence-electron chi connectivity index (χ0n) is 11.3. The van der Waals surface area contributed by atoms with Gasteiger partial charge in [0.05, 0.1) is 6.10 Å². The van der Waals surface area contributed by atoms with Crippen LogP contribution in [-0.4, -0.2) is 18.2 Å². The van der Waals surface area contributed by atoms with E-state index in [1.807, 2.05) is 24.3 Å². The molecule has 0 saturated carbocycles. The molecule has 0 aliphatic carbocycles. The summed E-state index contributed by atoms with van der Waals surface area (Å²) in [4.78, 5) is 2.37. The number of halogens is 1. The molecular weight excluding hydrogens is 314 g/mol. The first-order chi connectivity index (χ1) is 9.74. The molecule has 1 heterocycles. The first kappa shape index (κ1) is 13.7. The normalized spacial score (nSPS) is 15.2. The molecule has 0 fully saturated rings. The van der Waals surface area contributed by atoms with Crippen molar-refractivity contribution in [1.82, 2.24) is 0 Å². The Labute approximate surface area is 128 Å². The summed E-state index contributed by atoms with van der Waals surface area (Å²) in [6.45, 7) is 1.95. The van der Waals surface area contributed by atoms with Crippen LogP contribution in [0.3, 0.4) is 0 Å². The van der Waals surface area contributed by atoms with Crippen LogP contribution in [0.4, 0.5) is 5.69 Å². The van der Waals surface area contributed by atoms with Crippen LogP contribution in [0.5, 0.6) is 0 Å². The molecule has 2 aromatic rings. The molecule has 1 unspecified atom stereocenters. The minimum atomic E-state index is -0.403. The van der Waals surface area contributed by atoms with Crippen molar-refractivity contribution >= 4 is 21.6 Å². The van der Waals surface area contributed by atoms with Crippen molar-refractivity contribution in [2.24, 2.45) is 0 Å². The van der Waals surface area contributed by atoms with Crippen molar-refractivity contribution in [3.8, 4) is 0 Å². The van der Waals surface area contributed by atoms with E-state index in [9.17, 15) is 5.11 Å². The standard InChI is InChI=1S/C17H18BrNO/c18-15-6-3-5-14(12-15)17(20)9-11-19-10-8-13-4-1-2-7-16(13)19/h1-7,12,17,20H,8-11H2. The summed E-state index contributed by atoms with van der Waals surface area (Å²) in [5.74, 6) is 0. The van der Waals surface area contributed by atoms with E-state index in [4.69, 9.17) is 0 Å². The van der Waals surface area contributed by atoms with Crippen LogP contribution in [0, 0.1) is 0 Å². The molecular formula is C17H18BrNO. The fourth-order valence-electron chi connectivity index (χ4n) is 2.80. The third-order valence-electron chi connectivity index (χ3n) is 3.89. The molecule has 0 amide bonds. The number of fused-ring (bicyclic) bond motifs is 1. The van der Waals surface area contributed by atoms with Gasteiger partial charge in [0.1, 0.15) is 0 Å². The number of aliphatic hydroxyl groups is 1. The van der Waals surface area contributed by atoms with Gasteiger partial charge >= 0.3 is 0 Å². The van der Waals surface area contributed by atoms with Crippen molar-refractivity contribution in [2.45, 2.75) is 18.9 Å². The van der Waals surface area contributed by atoms with Crippen LogP contribution < -0.4 is 4.90 Å². The number of anilines is 1. The number of hydrogen-bond donors (Lipinski definition) is 1. The molecule has 3 rings (SSSR count). The zero-order valence-corrected chi connectivity index (χ0v) is 12.9. The second-order valence-corrected chi connectivity index (χ2v) is 6.14. The lowest BCUT2D eigenvalue weighted by Crippen LogP contribution is -2.23. The molecule has 1 aliphatic heterocycles. The second kappa shape index (κ2) is 5.98. The van der Waals surface area contributed by atoms with E-state index in [1.54, 1.807) is 0 Å².